The second-order valence-electron chi connectivity index (χ2n) is 5.18. The van der Waals surface area contributed by atoms with E-state index in [4.69, 9.17) is 23.2 Å². The fourth-order valence-electron chi connectivity index (χ4n) is 2.19. The van der Waals surface area contributed by atoms with Crippen molar-refractivity contribution in [2.75, 3.05) is 6.54 Å². The number of nitrogens with zero attached hydrogens (tertiary/aromatic N) is 1. The molecule has 0 bridgehead atoms. The average Bonchev–Trinajstić information content (AvgIpc) is 3.17. The summed E-state index contributed by atoms with van der Waals surface area (Å²) in [6, 6.07) is 7.20. The predicted octanol–water partition coefficient (Wildman–Crippen LogP) is -2.29. The Morgan fingerprint density at radius 1 is 1.50 bits per heavy atom. The van der Waals surface area contributed by atoms with Crippen LogP contribution in [-0.4, -0.2) is 34.3 Å². The number of alkyl halides is 1. The number of benzene rings is 1. The van der Waals surface area contributed by atoms with Crippen LogP contribution in [0.4, 0.5) is 0 Å². The van der Waals surface area contributed by atoms with Gasteiger partial charge >= 0.3 is 29.6 Å². The number of rotatable bonds is 7. The van der Waals surface area contributed by atoms with Gasteiger partial charge in [-0.2, -0.15) is 5.10 Å². The smallest absolute Gasteiger partial charge is 0.544 e. The number of nitrogens with one attached hydrogen (secondary N) is 1. The number of carbonyl (C=O) groups excluding carboxylic acids is 1. The van der Waals surface area contributed by atoms with Crippen LogP contribution in [0.2, 0.25) is 5.02 Å². The van der Waals surface area contributed by atoms with Crippen LogP contribution in [-0.2, 0) is 11.2 Å². The molecule has 1 aromatic rings. The zero-order valence-corrected chi connectivity index (χ0v) is 15.7. The molecule has 0 aliphatic heterocycles. The largest absolute Gasteiger partial charge is 1.00 e. The number of carboxylic acid groups (broad SMARTS) is 1. The summed E-state index contributed by atoms with van der Waals surface area (Å²) in [6.45, 7) is 0.0193. The van der Waals surface area contributed by atoms with E-state index in [1.807, 2.05) is 12.1 Å². The summed E-state index contributed by atoms with van der Waals surface area (Å²) < 4.78 is 0. The van der Waals surface area contributed by atoms with E-state index in [-0.39, 0.29) is 42.5 Å². The van der Waals surface area contributed by atoms with Gasteiger partial charge in [0, 0.05) is 11.4 Å². The van der Waals surface area contributed by atoms with Gasteiger partial charge in [0.25, 0.3) is 0 Å². The van der Waals surface area contributed by atoms with Crippen molar-refractivity contribution in [2.24, 2.45) is 5.10 Å². The van der Waals surface area contributed by atoms with Crippen LogP contribution in [0.1, 0.15) is 18.4 Å². The van der Waals surface area contributed by atoms with Crippen LogP contribution in [0.25, 0.3) is 0 Å². The number of hydrazone groups is 1. The molecule has 0 saturated heterocycles. The molecular formula is C14H15Cl2N2NaO3. The Labute approximate surface area is 161 Å². The Kier molecular flexibility index (Phi) is 7.18. The van der Waals surface area contributed by atoms with Crippen molar-refractivity contribution in [1.29, 1.82) is 0 Å². The van der Waals surface area contributed by atoms with Gasteiger partial charge in [0.15, 0.2) is 0 Å². The van der Waals surface area contributed by atoms with Gasteiger partial charge in [-0.15, -0.1) is 11.6 Å². The van der Waals surface area contributed by atoms with Crippen molar-refractivity contribution in [3.05, 3.63) is 34.9 Å². The zero-order chi connectivity index (χ0) is 15.5. The quantitative estimate of drug-likeness (QED) is 0.250. The molecular weight excluding hydrogens is 338 g/mol. The molecule has 114 valence electrons. The fraction of sp³-hybridized carbons (Fsp3) is 0.429. The number of aliphatic carboxylic acids is 1. The van der Waals surface area contributed by atoms with E-state index in [1.165, 1.54) is 0 Å². The first kappa shape index (κ1) is 19.7. The maximum atomic E-state index is 10.9. The Bertz CT molecular complexity index is 567. The third-order valence-electron chi connectivity index (χ3n) is 3.60. The summed E-state index contributed by atoms with van der Waals surface area (Å²) in [5, 5.41) is 25.1. The predicted molar refractivity (Wildman–Crippen MR) is 79.4 cm³/mol. The Morgan fingerprint density at radius 2 is 2.14 bits per heavy atom. The molecule has 1 atom stereocenters. The second-order valence-corrected chi connectivity index (χ2v) is 6.31. The second kappa shape index (κ2) is 7.99. The molecule has 22 heavy (non-hydrogen) atoms. The van der Waals surface area contributed by atoms with Gasteiger partial charge in [-0.3, -0.25) is 0 Å². The Morgan fingerprint density at radius 3 is 2.68 bits per heavy atom. The molecule has 1 unspecified atom stereocenters. The van der Waals surface area contributed by atoms with E-state index in [1.54, 1.807) is 12.1 Å². The Balaban J connectivity index is 0.00000242. The fourth-order valence-corrected chi connectivity index (χ4v) is 2.62. The minimum atomic E-state index is -1.41. The van der Waals surface area contributed by atoms with Crippen LogP contribution in [0, 0.1) is 0 Å². The summed E-state index contributed by atoms with van der Waals surface area (Å²) in [6.07, 6.45) is 2.23. The van der Waals surface area contributed by atoms with Crippen LogP contribution in [0.15, 0.2) is 29.4 Å². The van der Waals surface area contributed by atoms with Gasteiger partial charge in [0.1, 0.15) is 5.60 Å². The van der Waals surface area contributed by atoms with E-state index in [9.17, 15) is 15.0 Å². The van der Waals surface area contributed by atoms with E-state index in [2.05, 4.69) is 10.5 Å². The van der Waals surface area contributed by atoms with Crippen LogP contribution in [0.3, 0.4) is 0 Å². The normalized spacial score (nSPS) is 18.3. The van der Waals surface area contributed by atoms with Gasteiger partial charge < -0.3 is 20.4 Å². The monoisotopic (exact) mass is 352 g/mol. The number of hydrogen-bond acceptors (Lipinski definition) is 5. The maximum Gasteiger partial charge on any atom is 1.00 e. The molecule has 0 radical (unpaired) electrons. The molecule has 0 heterocycles. The molecule has 2 rings (SSSR count). The van der Waals surface area contributed by atoms with E-state index < -0.39 is 16.4 Å². The number of halogens is 2. The van der Waals surface area contributed by atoms with Crippen molar-refractivity contribution in [1.82, 2.24) is 5.43 Å². The number of carbonyl (C=O) groups is 1. The van der Waals surface area contributed by atoms with Gasteiger partial charge in [-0.1, -0.05) is 29.8 Å². The molecule has 1 aromatic carbocycles. The number of hydrogen-bond donors (Lipinski definition) is 2. The van der Waals surface area contributed by atoms with E-state index >= 15 is 0 Å². The molecule has 1 aliphatic rings. The zero-order valence-electron chi connectivity index (χ0n) is 12.2. The number of carboxylic acids is 1. The van der Waals surface area contributed by atoms with Gasteiger partial charge in [-0.25, -0.2) is 0 Å². The van der Waals surface area contributed by atoms with E-state index in [0.29, 0.717) is 24.1 Å². The standard InChI is InChI=1S/C14H16Cl2N2O3.Na/c15-11-4-2-1-3-10(11)7-14(21,13(16)5-6-13)9-18-17-8-12(19)20;/h1-4,8,18,21H,5-7,9H2,(H,19,20);/q;+1/p-1/b17-8+;. The van der Waals surface area contributed by atoms with Crippen molar-refractivity contribution in [3.63, 3.8) is 0 Å². The van der Waals surface area contributed by atoms with Gasteiger partial charge in [-0.05, 0) is 24.5 Å². The molecule has 0 spiro atoms. The number of aliphatic hydroxyl groups is 1. The molecule has 1 fully saturated rings. The van der Waals surface area contributed by atoms with E-state index in [0.717, 1.165) is 5.56 Å². The molecule has 1 saturated carbocycles. The first-order valence-electron chi connectivity index (χ1n) is 6.48. The average molecular weight is 353 g/mol. The molecule has 2 N–H and O–H groups in total. The molecule has 0 aromatic heterocycles. The summed E-state index contributed by atoms with van der Waals surface area (Å²) in [4.78, 5) is 9.52. The van der Waals surface area contributed by atoms with Gasteiger partial charge in [0.05, 0.1) is 23.6 Å². The third kappa shape index (κ3) is 4.85. The van der Waals surface area contributed by atoms with Crippen molar-refractivity contribution in [3.8, 4) is 0 Å². The van der Waals surface area contributed by atoms with Crippen molar-refractivity contribution >= 4 is 35.4 Å². The first-order valence-corrected chi connectivity index (χ1v) is 7.23. The van der Waals surface area contributed by atoms with Crippen LogP contribution >= 0.6 is 23.2 Å². The first-order chi connectivity index (χ1) is 9.86. The summed E-state index contributed by atoms with van der Waals surface area (Å²) in [5.74, 6) is -1.41. The van der Waals surface area contributed by atoms with Crippen molar-refractivity contribution < 1.29 is 44.6 Å². The summed E-state index contributed by atoms with van der Waals surface area (Å²) in [5.41, 5.74) is 2.02. The minimum absolute atomic E-state index is 0. The Hall–Kier alpha value is -0.300. The SMILES string of the molecule is O=C([O-])/C=N/NCC(O)(Cc1ccccc1Cl)C1(Cl)CC1.[Na+]. The summed E-state index contributed by atoms with van der Waals surface area (Å²) >= 11 is 12.5. The maximum absolute atomic E-state index is 10.9. The topological polar surface area (TPSA) is 84.8 Å². The van der Waals surface area contributed by atoms with Crippen LogP contribution < -0.4 is 40.1 Å². The minimum Gasteiger partial charge on any atom is -0.544 e. The molecule has 0 amide bonds. The molecule has 5 nitrogen and oxygen atoms in total. The molecule has 8 heteroatoms. The van der Waals surface area contributed by atoms with Crippen LogP contribution in [0.5, 0.6) is 0 Å². The van der Waals surface area contributed by atoms with Crippen molar-refractivity contribution in [2.45, 2.75) is 29.7 Å². The molecule has 1 aliphatic carbocycles. The summed E-state index contributed by atoms with van der Waals surface area (Å²) in [7, 11) is 0. The van der Waals surface area contributed by atoms with Gasteiger partial charge in [0.2, 0.25) is 0 Å². The third-order valence-corrected chi connectivity index (χ3v) is 4.69.